The topological polar surface area (TPSA) is 182 Å². The summed E-state index contributed by atoms with van der Waals surface area (Å²) in [5, 5.41) is 10.4. The summed E-state index contributed by atoms with van der Waals surface area (Å²) in [5.41, 5.74) is 8.54. The monoisotopic (exact) mass is 959 g/mol. The van der Waals surface area contributed by atoms with E-state index in [1.54, 1.807) is 13.2 Å². The summed E-state index contributed by atoms with van der Waals surface area (Å²) in [5.74, 6) is -1.41. The lowest BCUT2D eigenvalue weighted by atomic mass is 9.84. The molecule has 4 fully saturated rings. The third-order valence-corrected chi connectivity index (χ3v) is 14.1. The molecule has 0 saturated carbocycles. The molecule has 6 bridgehead atoms. The Kier molecular flexibility index (Phi) is 15.3. The number of amides is 4. The molecule has 0 radical (unpaired) electrons. The summed E-state index contributed by atoms with van der Waals surface area (Å²) in [6.45, 7) is 18.6. The summed E-state index contributed by atoms with van der Waals surface area (Å²) >= 11 is 1.32. The number of methoxy groups -OCH3 is 1. The Morgan fingerprint density at radius 3 is 2.57 bits per heavy atom. The van der Waals surface area contributed by atoms with Crippen LogP contribution in [-0.2, 0) is 52.7 Å². The zero-order chi connectivity index (χ0) is 48.3. The number of nitrogens with one attached hydrogen (secondary N) is 3. The van der Waals surface area contributed by atoms with Crippen LogP contribution in [0.3, 0.4) is 0 Å². The summed E-state index contributed by atoms with van der Waals surface area (Å²) < 4.78 is 41.6. The second kappa shape index (κ2) is 21.2. The van der Waals surface area contributed by atoms with E-state index < -0.39 is 29.3 Å². The van der Waals surface area contributed by atoms with E-state index in [9.17, 15) is 19.2 Å². The molecule has 4 saturated heterocycles. The maximum Gasteiger partial charge on any atom is 0.324 e. The number of aryl methyl sites for hydroxylation is 1. The maximum absolute atomic E-state index is 16.6. The molecule has 1 aromatic carbocycles. The van der Waals surface area contributed by atoms with Gasteiger partial charge in [0, 0.05) is 86.5 Å². The number of hydrazine groups is 1. The number of nitrogens with zero attached hydrogens (tertiary/aromatic N) is 6. The Labute approximate surface area is 401 Å². The third-order valence-electron chi connectivity index (χ3n) is 13.3. The van der Waals surface area contributed by atoms with Crippen LogP contribution >= 0.6 is 11.3 Å². The van der Waals surface area contributed by atoms with Crippen LogP contribution in [0.25, 0.3) is 33.4 Å². The number of anilines is 1. The van der Waals surface area contributed by atoms with Gasteiger partial charge in [0.1, 0.15) is 17.9 Å². The van der Waals surface area contributed by atoms with E-state index in [-0.39, 0.29) is 49.3 Å². The highest BCUT2D eigenvalue weighted by molar-refractivity contribution is 7.10. The zero-order valence-electron chi connectivity index (χ0n) is 40.3. The first-order valence-electron chi connectivity index (χ1n) is 24.0. The number of thiazole rings is 1. The number of ether oxygens (including phenoxy) is 4. The summed E-state index contributed by atoms with van der Waals surface area (Å²) in [6, 6.07) is 4.31. The lowest BCUT2D eigenvalue weighted by Gasteiger charge is -2.35. The fourth-order valence-electron chi connectivity index (χ4n) is 9.66. The average molecular weight is 960 g/mol. The predicted molar refractivity (Wildman–Crippen MR) is 256 cm³/mol. The number of esters is 1. The van der Waals surface area contributed by atoms with Crippen molar-refractivity contribution in [3.63, 3.8) is 0 Å². The van der Waals surface area contributed by atoms with Crippen LogP contribution < -0.4 is 21.0 Å². The minimum atomic E-state index is -0.948. The summed E-state index contributed by atoms with van der Waals surface area (Å²) in [4.78, 5) is 65.8. The van der Waals surface area contributed by atoms with E-state index in [0.29, 0.717) is 81.1 Å². The molecule has 4 unspecified atom stereocenters. The number of cyclic esters (lactones) is 1. The number of hydrogen-bond donors (Lipinski definition) is 3. The van der Waals surface area contributed by atoms with Crippen molar-refractivity contribution in [3.05, 3.63) is 51.9 Å². The molecule has 4 amide bonds. The maximum atomic E-state index is 16.6. The fourth-order valence-corrected chi connectivity index (χ4v) is 10.5. The zero-order valence-corrected chi connectivity index (χ0v) is 41.1. The van der Waals surface area contributed by atoms with Crippen LogP contribution in [0.4, 0.5) is 14.9 Å². The van der Waals surface area contributed by atoms with Crippen LogP contribution in [0.1, 0.15) is 83.2 Å². The highest BCUT2D eigenvalue weighted by Gasteiger charge is 2.37. The number of benzene rings is 1. The van der Waals surface area contributed by atoms with E-state index in [1.165, 1.54) is 16.3 Å². The fraction of sp³-hybridized carbons (Fsp3) is 0.592. The van der Waals surface area contributed by atoms with Gasteiger partial charge < -0.3 is 43.9 Å². The smallest absolute Gasteiger partial charge is 0.324 e. The van der Waals surface area contributed by atoms with Crippen LogP contribution in [-0.4, -0.2) is 139 Å². The van der Waals surface area contributed by atoms with Crippen molar-refractivity contribution in [1.82, 2.24) is 40.5 Å². The SMILES string of the molecule is CCn1c(-c2cc(N3CCOCC3)cnc2C(C)OC)c2c3cc(c(F)cc31)-c1csc(n1)CC(NC(=O)CC(C)C)C(=O)N1CCCC(N1)C(=O)OCC(C)(C)C2.O=C1NCC2COCCN12. The quantitative estimate of drug-likeness (QED) is 0.186. The second-order valence-electron chi connectivity index (χ2n) is 19.4. The Bertz CT molecular complexity index is 2490. The molecular formula is C49H66FN9O8S. The summed E-state index contributed by atoms with van der Waals surface area (Å²) in [7, 11) is 1.67. The first-order chi connectivity index (χ1) is 32.6. The molecule has 368 valence electrons. The van der Waals surface area contributed by atoms with Crippen molar-refractivity contribution in [2.45, 2.75) is 104 Å². The number of fused-ring (bicyclic) bond motifs is 7. The molecule has 4 atom stereocenters. The molecule has 3 N–H and O–H groups in total. The van der Waals surface area contributed by atoms with Crippen LogP contribution in [0.15, 0.2) is 29.8 Å². The molecule has 3 aromatic heterocycles. The van der Waals surface area contributed by atoms with Crippen molar-refractivity contribution >= 4 is 51.7 Å². The van der Waals surface area contributed by atoms with Gasteiger partial charge in [0.2, 0.25) is 5.91 Å². The van der Waals surface area contributed by atoms with Gasteiger partial charge in [0.15, 0.2) is 0 Å². The first kappa shape index (κ1) is 49.2. The minimum Gasteiger partial charge on any atom is -0.464 e. The molecule has 0 aliphatic carbocycles. The largest absolute Gasteiger partial charge is 0.464 e. The molecule has 17 nitrogen and oxygen atoms in total. The van der Waals surface area contributed by atoms with Gasteiger partial charge in [0.25, 0.3) is 5.91 Å². The van der Waals surface area contributed by atoms with E-state index in [1.807, 2.05) is 43.3 Å². The van der Waals surface area contributed by atoms with Crippen molar-refractivity contribution in [2.24, 2.45) is 11.3 Å². The van der Waals surface area contributed by atoms with Crippen molar-refractivity contribution in [1.29, 1.82) is 0 Å². The molecule has 4 aromatic rings. The summed E-state index contributed by atoms with van der Waals surface area (Å²) in [6.07, 6.45) is 3.46. The Morgan fingerprint density at radius 1 is 1.06 bits per heavy atom. The molecule has 19 heteroatoms. The standard InChI is InChI=1S/C43H56FN7O6S.C6H10N2O2/c1-8-50-36-19-32(44)29-18-28(36)31(40(50)30-17-27(49-12-14-56-15-13-49)22-45-39(30)26(4)55-7)21-43(5,6)24-57-42(54)33-10-9-11-51(48-33)41(53)34(46-37(52)16-25(2)3)20-38-47-35(29)23-58-38;9-6-7-3-5-4-10-2-1-8(5)6/h17-19,22-23,25-26,33-34,48H,8-16,20-21,24H2,1-7H3,(H,46,52);5H,1-4H2,(H,7,9). The molecule has 5 aliphatic rings. The number of urea groups is 1. The van der Waals surface area contributed by atoms with E-state index in [0.717, 1.165) is 65.3 Å². The minimum absolute atomic E-state index is 0.0632. The number of carbonyl (C=O) groups excluding carboxylic acids is 4. The Balaban J connectivity index is 0.000000549. The Morgan fingerprint density at radius 2 is 1.84 bits per heavy atom. The number of hydrogen-bond acceptors (Lipinski definition) is 13. The van der Waals surface area contributed by atoms with Crippen molar-refractivity contribution < 1.29 is 42.5 Å². The number of rotatable bonds is 8. The highest BCUT2D eigenvalue weighted by atomic mass is 32.1. The Hall–Kier alpha value is -5.21. The van der Waals surface area contributed by atoms with Gasteiger partial charge in [-0.3, -0.25) is 24.4 Å². The lowest BCUT2D eigenvalue weighted by molar-refractivity contribution is -0.155. The van der Waals surface area contributed by atoms with Gasteiger partial charge in [0.05, 0.1) is 84.7 Å². The highest BCUT2D eigenvalue weighted by Crippen LogP contribution is 2.43. The number of carbonyl (C=O) groups is 4. The normalized spacial score (nSPS) is 22.5. The van der Waals surface area contributed by atoms with Gasteiger partial charge in [-0.25, -0.2) is 19.6 Å². The number of halogens is 1. The van der Waals surface area contributed by atoms with Gasteiger partial charge in [-0.05, 0) is 62.8 Å². The molecule has 8 heterocycles. The number of pyridine rings is 1. The molecular weight excluding hydrogens is 894 g/mol. The number of morpholine rings is 2. The molecule has 68 heavy (non-hydrogen) atoms. The van der Waals surface area contributed by atoms with E-state index >= 15 is 4.39 Å². The van der Waals surface area contributed by atoms with E-state index in [2.05, 4.69) is 52.4 Å². The molecule has 0 spiro atoms. The van der Waals surface area contributed by atoms with Crippen molar-refractivity contribution in [2.75, 3.05) is 77.8 Å². The van der Waals surface area contributed by atoms with E-state index in [4.69, 9.17) is 28.9 Å². The lowest BCUT2D eigenvalue weighted by Crippen LogP contribution is -2.60. The average Bonchev–Trinajstić information content (AvgIpc) is 4.04. The van der Waals surface area contributed by atoms with Gasteiger partial charge >= 0.3 is 12.0 Å². The predicted octanol–water partition coefficient (Wildman–Crippen LogP) is 5.63. The molecule has 9 rings (SSSR count). The van der Waals surface area contributed by atoms with Crippen LogP contribution in [0, 0.1) is 17.2 Å². The van der Waals surface area contributed by atoms with Gasteiger partial charge in [-0.1, -0.05) is 27.7 Å². The van der Waals surface area contributed by atoms with Crippen LogP contribution in [0.5, 0.6) is 0 Å². The third kappa shape index (κ3) is 10.8. The van der Waals surface area contributed by atoms with Gasteiger partial charge in [-0.15, -0.1) is 11.3 Å². The molecule has 5 aliphatic heterocycles. The number of aromatic nitrogens is 3. The van der Waals surface area contributed by atoms with Gasteiger partial charge in [-0.2, -0.15) is 0 Å². The van der Waals surface area contributed by atoms with Crippen molar-refractivity contribution in [3.8, 4) is 22.5 Å². The van der Waals surface area contributed by atoms with Crippen LogP contribution in [0.2, 0.25) is 0 Å². The second-order valence-corrected chi connectivity index (χ2v) is 20.4. The first-order valence-corrected chi connectivity index (χ1v) is 24.8.